The predicted octanol–water partition coefficient (Wildman–Crippen LogP) is 4.54. The van der Waals surface area contributed by atoms with Gasteiger partial charge in [0.2, 0.25) is 15.9 Å². The average Bonchev–Trinajstić information content (AvgIpc) is 2.85. The van der Waals surface area contributed by atoms with Crippen molar-refractivity contribution in [2.45, 2.75) is 31.1 Å². The topological polar surface area (TPSA) is 95.6 Å². The van der Waals surface area contributed by atoms with Gasteiger partial charge in [-0.2, -0.15) is 4.31 Å². The first-order valence-corrected chi connectivity index (χ1v) is 13.1. The Kier molecular flexibility index (Phi) is 7.63. The summed E-state index contributed by atoms with van der Waals surface area (Å²) in [4.78, 5) is 25.1. The smallest absolute Gasteiger partial charge is 0.255 e. The highest BCUT2D eigenvalue weighted by atomic mass is 32.2. The average molecular weight is 492 g/mol. The number of sulfonamides is 1. The Balaban J connectivity index is 1.34. The number of nitrogens with zero attached hydrogens (tertiary/aromatic N) is 1. The highest BCUT2D eigenvalue weighted by molar-refractivity contribution is 7.89. The Bertz CT molecular complexity index is 1270. The first kappa shape index (κ1) is 24.6. The van der Waals surface area contributed by atoms with Crippen LogP contribution < -0.4 is 10.6 Å². The molecule has 1 aliphatic heterocycles. The zero-order valence-electron chi connectivity index (χ0n) is 19.6. The third kappa shape index (κ3) is 6.35. The number of amides is 2. The van der Waals surface area contributed by atoms with E-state index < -0.39 is 10.0 Å². The molecule has 7 nitrogen and oxygen atoms in total. The van der Waals surface area contributed by atoms with Crippen LogP contribution in [-0.2, 0) is 21.2 Å². The number of anilines is 2. The maximum absolute atomic E-state index is 12.9. The molecule has 4 rings (SSSR count). The fourth-order valence-corrected chi connectivity index (χ4v) is 5.72. The van der Waals surface area contributed by atoms with E-state index >= 15 is 0 Å². The predicted molar refractivity (Wildman–Crippen MR) is 137 cm³/mol. The fourth-order valence-electron chi connectivity index (χ4n) is 4.12. The van der Waals surface area contributed by atoms with Gasteiger partial charge in [-0.3, -0.25) is 9.59 Å². The summed E-state index contributed by atoms with van der Waals surface area (Å²) in [6.45, 7) is 3.13. The minimum absolute atomic E-state index is 0.137. The number of rotatable bonds is 7. The molecule has 182 valence electrons. The molecule has 0 aromatic heterocycles. The molecule has 3 aromatic carbocycles. The summed E-state index contributed by atoms with van der Waals surface area (Å²) in [6.07, 6.45) is 2.17. The van der Waals surface area contributed by atoms with Crippen LogP contribution in [0.15, 0.2) is 83.8 Å². The van der Waals surface area contributed by atoms with E-state index in [0.29, 0.717) is 35.9 Å². The number of benzene rings is 3. The van der Waals surface area contributed by atoms with E-state index in [4.69, 9.17) is 0 Å². The van der Waals surface area contributed by atoms with Gasteiger partial charge in [-0.25, -0.2) is 8.42 Å². The Morgan fingerprint density at radius 1 is 0.886 bits per heavy atom. The van der Waals surface area contributed by atoms with E-state index in [2.05, 4.69) is 17.6 Å². The summed E-state index contributed by atoms with van der Waals surface area (Å²) < 4.78 is 27.4. The SMILES string of the molecule is CC1CCCN(S(=O)(=O)c2ccc(NC(=O)c3ccc(NC(=O)Cc4ccccc4)cc3)cc2)C1. The van der Waals surface area contributed by atoms with Crippen molar-refractivity contribution in [2.75, 3.05) is 23.7 Å². The van der Waals surface area contributed by atoms with Gasteiger partial charge in [-0.05, 0) is 72.9 Å². The Labute approximate surface area is 206 Å². The van der Waals surface area contributed by atoms with E-state index in [1.807, 2.05) is 30.3 Å². The second-order valence-electron chi connectivity index (χ2n) is 8.88. The second kappa shape index (κ2) is 10.8. The van der Waals surface area contributed by atoms with Gasteiger partial charge in [0.25, 0.3) is 5.91 Å². The molecule has 1 saturated heterocycles. The zero-order chi connectivity index (χ0) is 24.8. The molecule has 3 aromatic rings. The van der Waals surface area contributed by atoms with Crippen molar-refractivity contribution in [2.24, 2.45) is 5.92 Å². The number of nitrogens with one attached hydrogen (secondary N) is 2. The largest absolute Gasteiger partial charge is 0.326 e. The van der Waals surface area contributed by atoms with Crippen molar-refractivity contribution >= 4 is 33.2 Å². The van der Waals surface area contributed by atoms with E-state index in [1.165, 1.54) is 16.4 Å². The Hall–Kier alpha value is -3.49. The molecule has 2 N–H and O–H groups in total. The van der Waals surface area contributed by atoms with Crippen molar-refractivity contribution in [1.82, 2.24) is 4.31 Å². The monoisotopic (exact) mass is 491 g/mol. The van der Waals surface area contributed by atoms with Gasteiger partial charge in [0, 0.05) is 30.0 Å². The van der Waals surface area contributed by atoms with Crippen LogP contribution >= 0.6 is 0 Å². The molecule has 1 unspecified atom stereocenters. The Morgan fingerprint density at radius 3 is 2.17 bits per heavy atom. The lowest BCUT2D eigenvalue weighted by Gasteiger charge is -2.30. The lowest BCUT2D eigenvalue weighted by Crippen LogP contribution is -2.39. The lowest BCUT2D eigenvalue weighted by atomic mass is 10.0. The zero-order valence-corrected chi connectivity index (χ0v) is 20.4. The number of carbonyl (C=O) groups excluding carboxylic acids is 2. The molecule has 1 heterocycles. The van der Waals surface area contributed by atoms with Crippen LogP contribution in [0, 0.1) is 5.92 Å². The Morgan fingerprint density at radius 2 is 1.51 bits per heavy atom. The first-order valence-electron chi connectivity index (χ1n) is 11.7. The summed E-state index contributed by atoms with van der Waals surface area (Å²) in [7, 11) is -3.54. The van der Waals surface area contributed by atoms with Gasteiger partial charge in [-0.15, -0.1) is 0 Å². The standard InChI is InChI=1S/C27H29N3O4S/c1-20-6-5-17-30(19-20)35(33,34)25-15-13-24(14-16-25)29-27(32)22-9-11-23(12-10-22)28-26(31)18-21-7-3-2-4-8-21/h2-4,7-16,20H,5-6,17-19H2,1H3,(H,28,31)(H,29,32). The first-order chi connectivity index (χ1) is 16.8. The van der Waals surface area contributed by atoms with Crippen molar-refractivity contribution in [1.29, 1.82) is 0 Å². The van der Waals surface area contributed by atoms with Crippen molar-refractivity contribution in [3.63, 3.8) is 0 Å². The van der Waals surface area contributed by atoms with Gasteiger partial charge in [0.15, 0.2) is 0 Å². The number of carbonyl (C=O) groups is 2. The minimum atomic E-state index is -3.54. The number of hydrogen-bond acceptors (Lipinski definition) is 4. The molecule has 0 radical (unpaired) electrons. The van der Waals surface area contributed by atoms with Crippen molar-refractivity contribution in [3.8, 4) is 0 Å². The lowest BCUT2D eigenvalue weighted by molar-refractivity contribution is -0.115. The van der Waals surface area contributed by atoms with Crippen LogP contribution in [0.25, 0.3) is 0 Å². The highest BCUT2D eigenvalue weighted by Crippen LogP contribution is 2.24. The molecule has 35 heavy (non-hydrogen) atoms. The summed E-state index contributed by atoms with van der Waals surface area (Å²) in [6, 6.07) is 22.3. The van der Waals surface area contributed by atoms with Crippen molar-refractivity contribution < 1.29 is 18.0 Å². The van der Waals surface area contributed by atoms with E-state index in [-0.39, 0.29) is 23.1 Å². The molecule has 0 bridgehead atoms. The van der Waals surface area contributed by atoms with Gasteiger partial charge < -0.3 is 10.6 Å². The van der Waals surface area contributed by atoms with Crippen LogP contribution in [0.4, 0.5) is 11.4 Å². The van der Waals surface area contributed by atoms with E-state index in [9.17, 15) is 18.0 Å². The van der Waals surface area contributed by atoms with Gasteiger partial charge in [-0.1, -0.05) is 37.3 Å². The van der Waals surface area contributed by atoms with E-state index in [0.717, 1.165) is 18.4 Å². The second-order valence-corrected chi connectivity index (χ2v) is 10.8. The summed E-state index contributed by atoms with van der Waals surface area (Å²) >= 11 is 0. The third-order valence-electron chi connectivity index (χ3n) is 6.01. The van der Waals surface area contributed by atoms with Crippen LogP contribution in [-0.4, -0.2) is 37.6 Å². The molecular formula is C27H29N3O4S. The van der Waals surface area contributed by atoms with Crippen LogP contribution in [0.5, 0.6) is 0 Å². The van der Waals surface area contributed by atoms with Gasteiger partial charge in [0.05, 0.1) is 11.3 Å². The van der Waals surface area contributed by atoms with E-state index in [1.54, 1.807) is 36.4 Å². The quantitative estimate of drug-likeness (QED) is 0.507. The van der Waals surface area contributed by atoms with Gasteiger partial charge >= 0.3 is 0 Å². The van der Waals surface area contributed by atoms with Crippen LogP contribution in [0.2, 0.25) is 0 Å². The molecule has 0 aliphatic carbocycles. The van der Waals surface area contributed by atoms with Crippen LogP contribution in [0.3, 0.4) is 0 Å². The molecule has 1 fully saturated rings. The highest BCUT2D eigenvalue weighted by Gasteiger charge is 2.28. The number of piperidine rings is 1. The minimum Gasteiger partial charge on any atom is -0.326 e. The van der Waals surface area contributed by atoms with Gasteiger partial charge in [0.1, 0.15) is 0 Å². The fraction of sp³-hybridized carbons (Fsp3) is 0.259. The third-order valence-corrected chi connectivity index (χ3v) is 7.89. The summed E-state index contributed by atoms with van der Waals surface area (Å²) in [5.74, 6) is -0.115. The molecule has 8 heteroatoms. The van der Waals surface area contributed by atoms with Crippen molar-refractivity contribution in [3.05, 3.63) is 90.0 Å². The maximum Gasteiger partial charge on any atom is 0.255 e. The molecule has 1 atom stereocenters. The summed E-state index contributed by atoms with van der Waals surface area (Å²) in [5, 5.41) is 5.61. The molecular weight excluding hydrogens is 462 g/mol. The molecule has 2 amide bonds. The molecule has 0 spiro atoms. The molecule has 1 aliphatic rings. The normalized spacial score (nSPS) is 16.4. The maximum atomic E-state index is 12.9. The molecule has 0 saturated carbocycles. The summed E-state index contributed by atoms with van der Waals surface area (Å²) in [5.41, 5.74) is 2.45. The number of hydrogen-bond donors (Lipinski definition) is 2. The van der Waals surface area contributed by atoms with Crippen LogP contribution in [0.1, 0.15) is 35.7 Å².